The van der Waals surface area contributed by atoms with Crippen LogP contribution in [0.15, 0.2) is 66.8 Å². The van der Waals surface area contributed by atoms with Crippen molar-refractivity contribution in [2.45, 2.75) is 43.9 Å². The van der Waals surface area contributed by atoms with Gasteiger partial charge < -0.3 is 26.8 Å². The van der Waals surface area contributed by atoms with E-state index < -0.39 is 35.7 Å². The lowest BCUT2D eigenvalue weighted by molar-refractivity contribution is -0.139. The molecule has 0 radical (unpaired) electrons. The molecule has 0 bridgehead atoms. The van der Waals surface area contributed by atoms with E-state index in [9.17, 15) is 23.5 Å². The second-order valence-electron chi connectivity index (χ2n) is 7.95. The molecule has 3 unspecified atom stereocenters. The van der Waals surface area contributed by atoms with Crippen LogP contribution in [-0.4, -0.2) is 60.1 Å². The Labute approximate surface area is 193 Å². The van der Waals surface area contributed by atoms with Gasteiger partial charge in [-0.2, -0.15) is 0 Å². The normalized spacial score (nSPS) is 14.2. The number of aliphatic hydroxyl groups is 1. The Kier molecular flexibility index (Phi) is 12.2. The number of amides is 2. The average Bonchev–Trinajstić information content (AvgIpc) is 2.75. The molecule has 3 atom stereocenters. The first-order valence-corrected chi connectivity index (χ1v) is 10.7. The lowest BCUT2D eigenvalue weighted by atomic mass is 10.0. The number of likely N-dealkylation sites (N-methyl/N-ethyl adjacent to an activating group) is 1. The number of allylic oxidation sites excluding steroid dienone is 3. The monoisotopic (exact) mass is 464 g/mol. The number of rotatable bonds is 14. The van der Waals surface area contributed by atoms with Gasteiger partial charge in [0.05, 0.1) is 0 Å². The maximum atomic E-state index is 13.3. The lowest BCUT2D eigenvalue weighted by Crippen LogP contribution is -2.48. The second-order valence-corrected chi connectivity index (χ2v) is 7.95. The fraction of sp³-hybridized carbons (Fsp3) is 0.417. The number of carbonyl (C=O) groups excluding carboxylic acids is 2. The third kappa shape index (κ3) is 11.0. The summed E-state index contributed by atoms with van der Waals surface area (Å²) in [6.45, 7) is 6.73. The highest BCUT2D eigenvalue weighted by Gasteiger charge is 2.25. The highest BCUT2D eigenvalue weighted by molar-refractivity contribution is 5.81. The van der Waals surface area contributed by atoms with Crippen LogP contribution in [0.1, 0.15) is 24.8 Å². The number of carbonyl (C=O) groups is 2. The molecule has 0 saturated heterocycles. The Morgan fingerprint density at radius 3 is 2.39 bits per heavy atom. The Morgan fingerprint density at radius 1 is 1.18 bits per heavy atom. The average molecular weight is 465 g/mol. The van der Waals surface area contributed by atoms with Crippen LogP contribution >= 0.6 is 0 Å². The Hall–Kier alpha value is -2.88. The van der Waals surface area contributed by atoms with Crippen molar-refractivity contribution in [1.82, 2.24) is 10.2 Å². The molecule has 2 amide bonds. The SMILES string of the molecule is C=C(F)/C=C(/CC(N)CC(=O)NCCCN(C)C(=O)C(O)C(N)Cc1ccccc1)C(=C)F. The summed E-state index contributed by atoms with van der Waals surface area (Å²) >= 11 is 0. The first-order valence-electron chi connectivity index (χ1n) is 10.7. The van der Waals surface area contributed by atoms with Gasteiger partial charge >= 0.3 is 0 Å². The van der Waals surface area contributed by atoms with E-state index >= 15 is 0 Å². The third-order valence-corrected chi connectivity index (χ3v) is 4.95. The van der Waals surface area contributed by atoms with E-state index in [1.54, 1.807) is 7.05 Å². The highest BCUT2D eigenvalue weighted by atomic mass is 19.1. The van der Waals surface area contributed by atoms with E-state index in [2.05, 4.69) is 18.5 Å². The second kappa shape index (κ2) is 14.3. The lowest BCUT2D eigenvalue weighted by Gasteiger charge is -2.24. The fourth-order valence-electron chi connectivity index (χ4n) is 3.16. The molecule has 0 fully saturated rings. The molecule has 0 saturated carbocycles. The Balaban J connectivity index is 2.36. The summed E-state index contributed by atoms with van der Waals surface area (Å²) in [5.74, 6) is -2.51. The molecule has 0 aliphatic rings. The number of nitrogens with two attached hydrogens (primary N) is 2. The van der Waals surface area contributed by atoms with Gasteiger partial charge in [-0.1, -0.05) is 43.5 Å². The van der Waals surface area contributed by atoms with Gasteiger partial charge in [-0.15, -0.1) is 0 Å². The molecular formula is C24H34F2N4O3. The highest BCUT2D eigenvalue weighted by Crippen LogP contribution is 2.18. The largest absolute Gasteiger partial charge is 0.382 e. The zero-order valence-electron chi connectivity index (χ0n) is 19.0. The zero-order valence-corrected chi connectivity index (χ0v) is 19.0. The van der Waals surface area contributed by atoms with Crippen molar-refractivity contribution in [3.63, 3.8) is 0 Å². The number of nitrogens with zero attached hydrogens (tertiary/aromatic N) is 1. The van der Waals surface area contributed by atoms with Gasteiger partial charge in [0, 0.05) is 38.6 Å². The maximum absolute atomic E-state index is 13.3. The summed E-state index contributed by atoms with van der Waals surface area (Å²) in [6.07, 6.45) is 0.209. The van der Waals surface area contributed by atoms with Gasteiger partial charge in [-0.25, -0.2) is 8.78 Å². The summed E-state index contributed by atoms with van der Waals surface area (Å²) in [6, 6.07) is 7.87. The zero-order chi connectivity index (χ0) is 25.0. The number of hydrogen-bond donors (Lipinski definition) is 4. The standard InChI is InChI=1S/C24H34F2N4O3/c1-16(25)12-19(17(2)26)14-20(27)15-22(31)29-10-7-11-30(3)24(33)23(32)21(28)13-18-8-5-4-6-9-18/h4-6,8-9,12,20-21,23,32H,1-2,7,10-11,13-15,27-28H2,3H3,(H,29,31)/b19-12-. The number of nitrogens with one attached hydrogen (secondary N) is 1. The number of halogens is 2. The molecule has 1 aromatic carbocycles. The van der Waals surface area contributed by atoms with Gasteiger partial charge in [0.2, 0.25) is 5.91 Å². The first kappa shape index (κ1) is 28.2. The molecular weight excluding hydrogens is 430 g/mol. The molecule has 1 aromatic rings. The van der Waals surface area contributed by atoms with Crippen molar-refractivity contribution in [2.75, 3.05) is 20.1 Å². The van der Waals surface area contributed by atoms with E-state index in [0.717, 1.165) is 11.6 Å². The van der Waals surface area contributed by atoms with Gasteiger partial charge in [-0.05, 0) is 36.5 Å². The minimum Gasteiger partial charge on any atom is -0.382 e. The number of benzene rings is 1. The van der Waals surface area contributed by atoms with Crippen LogP contribution in [0.2, 0.25) is 0 Å². The van der Waals surface area contributed by atoms with Crippen LogP contribution in [0.25, 0.3) is 0 Å². The van der Waals surface area contributed by atoms with Crippen LogP contribution in [0.5, 0.6) is 0 Å². The van der Waals surface area contributed by atoms with Crippen molar-refractivity contribution in [3.8, 4) is 0 Å². The van der Waals surface area contributed by atoms with Gasteiger partial charge in [-0.3, -0.25) is 9.59 Å². The molecule has 6 N–H and O–H groups in total. The molecule has 0 aliphatic heterocycles. The first-order chi connectivity index (χ1) is 15.5. The van der Waals surface area contributed by atoms with Gasteiger partial charge in [0.1, 0.15) is 17.8 Å². The molecule has 33 heavy (non-hydrogen) atoms. The predicted octanol–water partition coefficient (Wildman–Crippen LogP) is 1.88. The summed E-state index contributed by atoms with van der Waals surface area (Å²) in [4.78, 5) is 25.8. The Bertz CT molecular complexity index is 845. The van der Waals surface area contributed by atoms with Crippen LogP contribution < -0.4 is 16.8 Å². The Morgan fingerprint density at radius 2 is 1.82 bits per heavy atom. The number of hydrogen-bond acceptors (Lipinski definition) is 5. The molecule has 0 spiro atoms. The third-order valence-electron chi connectivity index (χ3n) is 4.95. The topological polar surface area (TPSA) is 122 Å². The van der Waals surface area contributed by atoms with E-state index in [-0.39, 0.29) is 30.9 Å². The quantitative estimate of drug-likeness (QED) is 0.247. The molecule has 9 heteroatoms. The molecule has 0 heterocycles. The fourth-order valence-corrected chi connectivity index (χ4v) is 3.16. The van der Waals surface area contributed by atoms with Crippen LogP contribution in [-0.2, 0) is 16.0 Å². The van der Waals surface area contributed by atoms with Crippen molar-refractivity contribution < 1.29 is 23.5 Å². The summed E-state index contributed by atoms with van der Waals surface area (Å²) < 4.78 is 26.2. The molecule has 0 aromatic heterocycles. The van der Waals surface area contributed by atoms with Gasteiger partial charge in [0.15, 0.2) is 0 Å². The van der Waals surface area contributed by atoms with Crippen molar-refractivity contribution in [3.05, 3.63) is 72.4 Å². The predicted molar refractivity (Wildman–Crippen MR) is 125 cm³/mol. The van der Waals surface area contributed by atoms with Gasteiger partial charge in [0.25, 0.3) is 5.91 Å². The number of aliphatic hydroxyl groups excluding tert-OH is 1. The maximum Gasteiger partial charge on any atom is 0.252 e. The van der Waals surface area contributed by atoms with Crippen molar-refractivity contribution in [2.24, 2.45) is 11.5 Å². The minimum atomic E-state index is -1.34. The molecule has 1 rings (SSSR count). The minimum absolute atomic E-state index is 0.0491. The van der Waals surface area contributed by atoms with Crippen LogP contribution in [0.3, 0.4) is 0 Å². The van der Waals surface area contributed by atoms with E-state index in [4.69, 9.17) is 11.5 Å². The van der Waals surface area contributed by atoms with E-state index in [1.807, 2.05) is 30.3 Å². The van der Waals surface area contributed by atoms with Crippen LogP contribution in [0.4, 0.5) is 8.78 Å². The van der Waals surface area contributed by atoms with E-state index in [0.29, 0.717) is 19.4 Å². The summed E-state index contributed by atoms with van der Waals surface area (Å²) in [7, 11) is 1.55. The van der Waals surface area contributed by atoms with Crippen LogP contribution in [0, 0.1) is 0 Å². The van der Waals surface area contributed by atoms with Crippen molar-refractivity contribution in [1.29, 1.82) is 0 Å². The molecule has 7 nitrogen and oxygen atoms in total. The smallest absolute Gasteiger partial charge is 0.252 e. The van der Waals surface area contributed by atoms with Crippen molar-refractivity contribution >= 4 is 11.8 Å². The molecule has 0 aliphatic carbocycles. The summed E-state index contributed by atoms with van der Waals surface area (Å²) in [5.41, 5.74) is 12.7. The van der Waals surface area contributed by atoms with E-state index in [1.165, 1.54) is 4.90 Å². The molecule has 182 valence electrons. The summed E-state index contributed by atoms with van der Waals surface area (Å²) in [5, 5.41) is 12.9.